The Bertz CT molecular complexity index is 447. The Kier molecular flexibility index (Phi) is 6.79. The fourth-order valence-electron chi connectivity index (χ4n) is 2.15. The number of carbonyl (C=O) groups is 1. The van der Waals surface area contributed by atoms with E-state index in [1.807, 2.05) is 11.8 Å². The molecule has 0 fully saturated rings. The van der Waals surface area contributed by atoms with E-state index in [4.69, 9.17) is 11.6 Å². The van der Waals surface area contributed by atoms with Crippen LogP contribution in [0.5, 0.6) is 0 Å². The van der Waals surface area contributed by atoms with Crippen LogP contribution in [-0.4, -0.2) is 35.9 Å². The molecule has 1 aromatic rings. The minimum atomic E-state index is 0.0141. The predicted octanol–water partition coefficient (Wildman–Crippen LogP) is 3.68. The molecule has 0 atom stereocenters. The van der Waals surface area contributed by atoms with E-state index in [-0.39, 0.29) is 5.91 Å². The molecule has 0 bridgehead atoms. The summed E-state index contributed by atoms with van der Waals surface area (Å²) in [5.74, 6) is 1.17. The van der Waals surface area contributed by atoms with E-state index in [9.17, 15) is 4.79 Å². The van der Waals surface area contributed by atoms with E-state index < -0.39 is 0 Å². The van der Waals surface area contributed by atoms with Gasteiger partial charge in [0.25, 0.3) is 5.91 Å². The lowest BCUT2D eigenvalue weighted by Gasteiger charge is -2.25. The fourth-order valence-corrected chi connectivity index (χ4v) is 2.35. The second-order valence-corrected chi connectivity index (χ2v) is 5.23. The molecule has 1 amide bonds. The molecule has 0 radical (unpaired) electrons. The van der Waals surface area contributed by atoms with Gasteiger partial charge in [0, 0.05) is 25.7 Å². The summed E-state index contributed by atoms with van der Waals surface area (Å²) in [6.07, 6.45) is 2.16. The Morgan fingerprint density at radius 2 is 2.00 bits per heavy atom. The number of anilines is 1. The van der Waals surface area contributed by atoms with Crippen LogP contribution < -0.4 is 5.32 Å². The average Bonchev–Trinajstić information content (AvgIpc) is 2.47. The van der Waals surface area contributed by atoms with Gasteiger partial charge in [0.15, 0.2) is 0 Å². The average molecular weight is 298 g/mol. The maximum atomic E-state index is 12.6. The third-order valence-electron chi connectivity index (χ3n) is 3.60. The van der Waals surface area contributed by atoms with Crippen molar-refractivity contribution in [3.05, 3.63) is 22.8 Å². The van der Waals surface area contributed by atoms with Crippen LogP contribution >= 0.6 is 11.6 Å². The van der Waals surface area contributed by atoms with Crippen molar-refractivity contribution in [3.63, 3.8) is 0 Å². The Morgan fingerprint density at radius 3 is 2.50 bits per heavy atom. The lowest BCUT2D eigenvalue weighted by atomic mass is 10.0. The van der Waals surface area contributed by atoms with Gasteiger partial charge >= 0.3 is 0 Å². The summed E-state index contributed by atoms with van der Waals surface area (Å²) in [4.78, 5) is 18.5. The topological polar surface area (TPSA) is 45.2 Å². The van der Waals surface area contributed by atoms with Gasteiger partial charge in [-0.3, -0.25) is 4.79 Å². The van der Waals surface area contributed by atoms with Crippen LogP contribution in [0.1, 0.15) is 44.0 Å². The first-order valence-electron chi connectivity index (χ1n) is 7.20. The number of hydrogen-bond acceptors (Lipinski definition) is 3. The smallest absolute Gasteiger partial charge is 0.254 e. The number of nitrogens with one attached hydrogen (secondary N) is 1. The molecule has 0 aromatic carbocycles. The zero-order chi connectivity index (χ0) is 15.1. The molecule has 4 nitrogen and oxygen atoms in total. The SMILES string of the molecule is CCC(CC)CN(CC)C(=O)c1cc(Cl)nc(NC)c1. The van der Waals surface area contributed by atoms with Gasteiger partial charge in [-0.2, -0.15) is 0 Å². The summed E-state index contributed by atoms with van der Waals surface area (Å²) in [6, 6.07) is 3.37. The fraction of sp³-hybridized carbons (Fsp3) is 0.600. The van der Waals surface area contributed by atoms with Crippen LogP contribution in [0.3, 0.4) is 0 Å². The van der Waals surface area contributed by atoms with Crippen LogP contribution in [0.2, 0.25) is 5.15 Å². The number of carbonyl (C=O) groups excluding carboxylic acids is 1. The van der Waals surface area contributed by atoms with E-state index in [0.717, 1.165) is 19.4 Å². The molecular formula is C15H24ClN3O. The highest BCUT2D eigenvalue weighted by atomic mass is 35.5. The lowest BCUT2D eigenvalue weighted by molar-refractivity contribution is 0.0735. The van der Waals surface area contributed by atoms with Gasteiger partial charge in [-0.05, 0) is 25.0 Å². The van der Waals surface area contributed by atoms with Crippen molar-refractivity contribution in [2.75, 3.05) is 25.5 Å². The highest BCUT2D eigenvalue weighted by molar-refractivity contribution is 6.29. The van der Waals surface area contributed by atoms with Crippen molar-refractivity contribution in [1.29, 1.82) is 0 Å². The molecule has 112 valence electrons. The first kappa shape index (κ1) is 16.8. The molecule has 1 rings (SSSR count). The number of pyridine rings is 1. The van der Waals surface area contributed by atoms with E-state index in [1.165, 1.54) is 0 Å². The number of rotatable bonds is 7. The van der Waals surface area contributed by atoms with Crippen LogP contribution in [0, 0.1) is 5.92 Å². The standard InChI is InChI=1S/C15H24ClN3O/c1-5-11(6-2)10-19(7-3)15(20)12-8-13(16)18-14(9-12)17-4/h8-9,11H,5-7,10H2,1-4H3,(H,17,18). The van der Waals surface area contributed by atoms with E-state index in [1.54, 1.807) is 19.2 Å². The van der Waals surface area contributed by atoms with Crippen LogP contribution in [0.4, 0.5) is 5.82 Å². The first-order valence-corrected chi connectivity index (χ1v) is 7.58. The highest BCUT2D eigenvalue weighted by Crippen LogP contribution is 2.18. The molecule has 5 heteroatoms. The minimum Gasteiger partial charge on any atom is -0.373 e. The Labute approximate surface area is 126 Å². The van der Waals surface area contributed by atoms with Gasteiger partial charge in [0.1, 0.15) is 11.0 Å². The number of nitrogens with zero attached hydrogens (tertiary/aromatic N) is 2. The van der Waals surface area contributed by atoms with Gasteiger partial charge in [-0.1, -0.05) is 38.3 Å². The Morgan fingerprint density at radius 1 is 1.35 bits per heavy atom. The third-order valence-corrected chi connectivity index (χ3v) is 3.79. The molecule has 1 aromatic heterocycles. The second kappa shape index (κ2) is 8.10. The molecule has 0 aliphatic heterocycles. The molecule has 1 N–H and O–H groups in total. The number of hydrogen-bond donors (Lipinski definition) is 1. The summed E-state index contributed by atoms with van der Waals surface area (Å²) in [7, 11) is 1.76. The molecule has 0 saturated carbocycles. The third kappa shape index (κ3) is 4.37. The Hall–Kier alpha value is -1.29. The summed E-state index contributed by atoms with van der Waals surface area (Å²) in [5.41, 5.74) is 0.585. The maximum absolute atomic E-state index is 12.6. The highest BCUT2D eigenvalue weighted by Gasteiger charge is 2.18. The number of aromatic nitrogens is 1. The molecule has 0 unspecified atom stereocenters. The molecule has 20 heavy (non-hydrogen) atoms. The van der Waals surface area contributed by atoms with E-state index in [0.29, 0.717) is 29.0 Å². The zero-order valence-corrected chi connectivity index (χ0v) is 13.5. The van der Waals surface area contributed by atoms with Crippen LogP contribution in [0.25, 0.3) is 0 Å². The number of halogens is 1. The molecule has 0 aliphatic carbocycles. The van der Waals surface area contributed by atoms with Gasteiger partial charge in [0.2, 0.25) is 0 Å². The summed E-state index contributed by atoms with van der Waals surface area (Å²) in [5, 5.41) is 3.25. The molecule has 0 saturated heterocycles. The summed E-state index contributed by atoms with van der Waals surface area (Å²) < 4.78 is 0. The van der Waals surface area contributed by atoms with Gasteiger partial charge in [-0.25, -0.2) is 4.98 Å². The Balaban J connectivity index is 2.93. The zero-order valence-electron chi connectivity index (χ0n) is 12.7. The first-order chi connectivity index (χ1) is 9.55. The monoisotopic (exact) mass is 297 g/mol. The summed E-state index contributed by atoms with van der Waals surface area (Å²) >= 11 is 5.96. The van der Waals surface area contributed by atoms with Gasteiger partial charge < -0.3 is 10.2 Å². The predicted molar refractivity (Wildman–Crippen MR) is 84.4 cm³/mol. The van der Waals surface area contributed by atoms with Crippen molar-refractivity contribution in [2.24, 2.45) is 5.92 Å². The van der Waals surface area contributed by atoms with Gasteiger partial charge in [-0.15, -0.1) is 0 Å². The molecule has 0 spiro atoms. The quantitative estimate of drug-likeness (QED) is 0.781. The lowest BCUT2D eigenvalue weighted by Crippen LogP contribution is -2.35. The van der Waals surface area contributed by atoms with Crippen molar-refractivity contribution in [1.82, 2.24) is 9.88 Å². The molecule has 0 aliphatic rings. The normalized spacial score (nSPS) is 10.7. The molecular weight excluding hydrogens is 274 g/mol. The largest absolute Gasteiger partial charge is 0.373 e. The molecule has 1 heterocycles. The van der Waals surface area contributed by atoms with E-state index >= 15 is 0 Å². The maximum Gasteiger partial charge on any atom is 0.254 e. The van der Waals surface area contributed by atoms with Crippen molar-refractivity contribution in [3.8, 4) is 0 Å². The van der Waals surface area contributed by atoms with Crippen molar-refractivity contribution in [2.45, 2.75) is 33.6 Å². The van der Waals surface area contributed by atoms with Crippen molar-refractivity contribution >= 4 is 23.3 Å². The number of amides is 1. The second-order valence-electron chi connectivity index (χ2n) is 4.84. The van der Waals surface area contributed by atoms with Crippen molar-refractivity contribution < 1.29 is 4.79 Å². The van der Waals surface area contributed by atoms with E-state index in [2.05, 4.69) is 24.1 Å². The van der Waals surface area contributed by atoms with Crippen LogP contribution in [0.15, 0.2) is 12.1 Å². The summed E-state index contributed by atoms with van der Waals surface area (Å²) in [6.45, 7) is 7.81. The minimum absolute atomic E-state index is 0.0141. The van der Waals surface area contributed by atoms with Gasteiger partial charge in [0.05, 0.1) is 0 Å². The van der Waals surface area contributed by atoms with Crippen LogP contribution in [-0.2, 0) is 0 Å².